The monoisotopic (exact) mass is 181 g/mol. The Morgan fingerprint density at radius 1 is 1.45 bits per heavy atom. The summed E-state index contributed by atoms with van der Waals surface area (Å²) in [7, 11) is -3.80. The van der Waals surface area contributed by atoms with Crippen LogP contribution in [0.5, 0.6) is 0 Å². The van der Waals surface area contributed by atoms with E-state index in [-0.39, 0.29) is 6.47 Å². The van der Waals surface area contributed by atoms with Crippen molar-refractivity contribution in [2.45, 2.75) is 25.1 Å². The molecule has 66 valence electrons. The molecule has 0 bridgehead atoms. The Morgan fingerprint density at radius 3 is 2.18 bits per heavy atom. The second kappa shape index (κ2) is 3.68. The van der Waals surface area contributed by atoms with Crippen LogP contribution < -0.4 is 5.73 Å². The van der Waals surface area contributed by atoms with Gasteiger partial charge in [-0.05, 0) is 13.8 Å². The average Bonchev–Trinajstić information content (AvgIpc) is 1.86. The molecule has 0 fully saturated rings. The smallest absolute Gasteiger partial charge is 0.315 e. The highest BCUT2D eigenvalue weighted by molar-refractivity contribution is 7.87. The van der Waals surface area contributed by atoms with Crippen molar-refractivity contribution in [2.75, 3.05) is 0 Å². The third-order valence-corrected chi connectivity index (χ3v) is 3.06. The lowest BCUT2D eigenvalue weighted by Gasteiger charge is -2.13. The first-order valence-corrected chi connectivity index (χ1v) is 4.50. The summed E-state index contributed by atoms with van der Waals surface area (Å²) in [4.78, 5) is 9.71. The Kier molecular flexibility index (Phi) is 3.47. The minimum absolute atomic E-state index is 0.117. The molecule has 0 amide bonds. The molecular formula is C5H11NO4S. The van der Waals surface area contributed by atoms with Crippen molar-refractivity contribution in [1.29, 1.82) is 0 Å². The molecule has 0 aliphatic rings. The zero-order valence-corrected chi connectivity index (χ0v) is 7.17. The van der Waals surface area contributed by atoms with Crippen LogP contribution in [0.4, 0.5) is 0 Å². The first-order chi connectivity index (χ1) is 4.91. The Bertz CT molecular complexity index is 221. The molecule has 6 heteroatoms. The molecule has 0 rings (SSSR count). The van der Waals surface area contributed by atoms with E-state index in [4.69, 9.17) is 5.73 Å². The first kappa shape index (κ1) is 10.4. The van der Waals surface area contributed by atoms with Gasteiger partial charge in [-0.25, -0.2) is 0 Å². The minimum Gasteiger partial charge on any atom is -0.348 e. The summed E-state index contributed by atoms with van der Waals surface area (Å²) >= 11 is 0. The Hall–Kier alpha value is -0.620. The Morgan fingerprint density at radius 2 is 1.91 bits per heavy atom. The van der Waals surface area contributed by atoms with Crippen molar-refractivity contribution < 1.29 is 17.4 Å². The zero-order chi connectivity index (χ0) is 9.07. The van der Waals surface area contributed by atoms with E-state index < -0.39 is 21.4 Å². The molecule has 0 saturated heterocycles. The normalized spacial score (nSPS) is 17.0. The van der Waals surface area contributed by atoms with Crippen molar-refractivity contribution in [2.24, 2.45) is 5.73 Å². The molecule has 0 aliphatic heterocycles. The third-order valence-electron chi connectivity index (χ3n) is 1.37. The highest BCUT2D eigenvalue weighted by Crippen LogP contribution is 2.04. The van der Waals surface area contributed by atoms with E-state index in [9.17, 15) is 13.2 Å². The second-order valence-corrected chi connectivity index (χ2v) is 4.17. The van der Waals surface area contributed by atoms with Gasteiger partial charge < -0.3 is 9.92 Å². The summed E-state index contributed by atoms with van der Waals surface area (Å²) < 4.78 is 25.5. The van der Waals surface area contributed by atoms with E-state index in [0.29, 0.717) is 0 Å². The van der Waals surface area contributed by atoms with Crippen LogP contribution in [-0.4, -0.2) is 26.2 Å². The summed E-state index contributed by atoms with van der Waals surface area (Å²) in [6.07, 6.45) is 0. The fraction of sp³-hybridized carbons (Fsp3) is 0.800. The number of carbonyl (C=O) groups excluding carboxylic acids is 1. The maximum Gasteiger partial charge on any atom is 0.315 e. The molecule has 11 heavy (non-hydrogen) atoms. The summed E-state index contributed by atoms with van der Waals surface area (Å²) in [5.41, 5.74) is 5.28. The van der Waals surface area contributed by atoms with E-state index in [1.54, 1.807) is 0 Å². The number of carbonyl (C=O) groups is 1. The van der Waals surface area contributed by atoms with E-state index >= 15 is 0 Å². The first-order valence-electron chi connectivity index (χ1n) is 3.03. The van der Waals surface area contributed by atoms with Gasteiger partial charge in [0, 0.05) is 6.04 Å². The van der Waals surface area contributed by atoms with E-state index in [1.165, 1.54) is 13.8 Å². The van der Waals surface area contributed by atoms with Crippen LogP contribution in [0.25, 0.3) is 0 Å². The third kappa shape index (κ3) is 2.85. The molecule has 5 nitrogen and oxygen atoms in total. The lowest BCUT2D eigenvalue weighted by Crippen LogP contribution is -2.36. The summed E-state index contributed by atoms with van der Waals surface area (Å²) in [6, 6.07) is -0.556. The predicted molar refractivity (Wildman–Crippen MR) is 39.2 cm³/mol. The number of nitrogens with two attached hydrogens (primary N) is 1. The van der Waals surface area contributed by atoms with Crippen molar-refractivity contribution in [1.82, 2.24) is 0 Å². The largest absolute Gasteiger partial charge is 0.348 e. The quantitative estimate of drug-likeness (QED) is 0.454. The number of rotatable bonds is 4. The number of hydrogen-bond donors (Lipinski definition) is 1. The van der Waals surface area contributed by atoms with Crippen molar-refractivity contribution in [3.8, 4) is 0 Å². The van der Waals surface area contributed by atoms with Gasteiger partial charge in [-0.3, -0.25) is 4.79 Å². The summed E-state index contributed by atoms with van der Waals surface area (Å²) in [5, 5.41) is -0.868. The fourth-order valence-electron chi connectivity index (χ4n) is 0.405. The van der Waals surface area contributed by atoms with Gasteiger partial charge in [-0.1, -0.05) is 0 Å². The number of hydrogen-bond acceptors (Lipinski definition) is 5. The SMILES string of the molecule is CC(N)C(C)S(=O)(=O)OC=O. The van der Waals surface area contributed by atoms with Crippen LogP contribution in [0.15, 0.2) is 0 Å². The predicted octanol–water partition coefficient (Wildman–Crippen LogP) is -0.775. The molecule has 0 aromatic rings. The van der Waals surface area contributed by atoms with Gasteiger partial charge in [0.2, 0.25) is 0 Å². The second-order valence-electron chi connectivity index (χ2n) is 2.25. The highest BCUT2D eigenvalue weighted by Gasteiger charge is 2.25. The fourth-order valence-corrected chi connectivity index (χ4v) is 1.22. The molecule has 2 N–H and O–H groups in total. The molecule has 0 aliphatic carbocycles. The average molecular weight is 181 g/mol. The minimum atomic E-state index is -3.80. The molecule has 0 radical (unpaired) electrons. The maximum atomic E-state index is 10.8. The van der Waals surface area contributed by atoms with Crippen molar-refractivity contribution in [3.05, 3.63) is 0 Å². The van der Waals surface area contributed by atoms with Gasteiger partial charge in [0.15, 0.2) is 0 Å². The van der Waals surface area contributed by atoms with Gasteiger partial charge in [-0.15, -0.1) is 0 Å². The van der Waals surface area contributed by atoms with Crippen molar-refractivity contribution in [3.63, 3.8) is 0 Å². The van der Waals surface area contributed by atoms with Gasteiger partial charge in [0.1, 0.15) is 5.25 Å². The van der Waals surface area contributed by atoms with Gasteiger partial charge >= 0.3 is 16.6 Å². The molecular weight excluding hydrogens is 170 g/mol. The van der Waals surface area contributed by atoms with Crippen LogP contribution in [0, 0.1) is 0 Å². The zero-order valence-electron chi connectivity index (χ0n) is 6.35. The maximum absolute atomic E-state index is 10.8. The van der Waals surface area contributed by atoms with Crippen LogP contribution >= 0.6 is 0 Å². The molecule has 2 unspecified atom stereocenters. The molecule has 0 heterocycles. The van der Waals surface area contributed by atoms with Gasteiger partial charge in [-0.2, -0.15) is 8.42 Å². The van der Waals surface area contributed by atoms with Crippen LogP contribution in [0.2, 0.25) is 0 Å². The lowest BCUT2D eigenvalue weighted by atomic mass is 10.3. The Balaban J connectivity index is 4.43. The highest BCUT2D eigenvalue weighted by atomic mass is 32.2. The van der Waals surface area contributed by atoms with Gasteiger partial charge in [0.05, 0.1) is 0 Å². The van der Waals surface area contributed by atoms with Crippen molar-refractivity contribution >= 4 is 16.6 Å². The topological polar surface area (TPSA) is 86.5 Å². The van der Waals surface area contributed by atoms with Gasteiger partial charge in [0.25, 0.3) is 0 Å². The van der Waals surface area contributed by atoms with E-state index in [1.807, 2.05) is 0 Å². The Labute approximate surface area is 65.6 Å². The molecule has 0 saturated carbocycles. The van der Waals surface area contributed by atoms with E-state index in [2.05, 4.69) is 4.18 Å². The molecule has 0 spiro atoms. The molecule has 0 aromatic carbocycles. The molecule has 0 aromatic heterocycles. The lowest BCUT2D eigenvalue weighted by molar-refractivity contribution is -0.120. The summed E-state index contributed by atoms with van der Waals surface area (Å²) in [5.74, 6) is 0. The molecule has 2 atom stereocenters. The van der Waals surface area contributed by atoms with Crippen LogP contribution in [-0.2, 0) is 19.1 Å². The van der Waals surface area contributed by atoms with Crippen LogP contribution in [0.3, 0.4) is 0 Å². The summed E-state index contributed by atoms with van der Waals surface area (Å²) in [6.45, 7) is 2.79. The van der Waals surface area contributed by atoms with E-state index in [0.717, 1.165) is 0 Å². The van der Waals surface area contributed by atoms with Crippen LogP contribution in [0.1, 0.15) is 13.8 Å². The standard InChI is InChI=1S/C5H11NO4S/c1-4(6)5(2)11(8,9)10-3-7/h3-5H,6H2,1-2H3.